The van der Waals surface area contributed by atoms with Gasteiger partial charge in [0.1, 0.15) is 11.5 Å². The summed E-state index contributed by atoms with van der Waals surface area (Å²) in [6, 6.07) is 7.28. The Kier molecular flexibility index (Phi) is 6.10. The summed E-state index contributed by atoms with van der Waals surface area (Å²) in [5.74, 6) is -3.61. The summed E-state index contributed by atoms with van der Waals surface area (Å²) in [6.07, 6.45) is 0.500. The van der Waals surface area contributed by atoms with Crippen LogP contribution in [0.4, 0.5) is 35.0 Å². The van der Waals surface area contributed by atoms with E-state index >= 15 is 0 Å². The predicted molar refractivity (Wildman–Crippen MR) is 105 cm³/mol. The summed E-state index contributed by atoms with van der Waals surface area (Å²) in [6.45, 7) is 0.424. The fraction of sp³-hybridized carbons (Fsp3) is 0.278. The zero-order chi connectivity index (χ0) is 21.2. The fourth-order valence-corrected chi connectivity index (χ4v) is 5.00. The highest BCUT2D eigenvalue weighted by molar-refractivity contribution is 8.27. The van der Waals surface area contributed by atoms with Crippen molar-refractivity contribution in [2.45, 2.75) is 19.3 Å². The molecule has 2 aromatic rings. The lowest BCUT2D eigenvalue weighted by molar-refractivity contribution is 0.194. The number of amides is 1. The molecule has 3 rings (SSSR count). The van der Waals surface area contributed by atoms with E-state index in [-0.39, 0.29) is 18.8 Å². The average molecular weight is 431 g/mol. The van der Waals surface area contributed by atoms with Crippen molar-refractivity contribution in [3.63, 3.8) is 0 Å². The number of hydrogen-bond donors (Lipinski definition) is 4. The minimum absolute atomic E-state index is 0.160. The average Bonchev–Trinajstić information content (AvgIpc) is 2.84. The Morgan fingerprint density at radius 3 is 2.24 bits per heavy atom. The zero-order valence-electron chi connectivity index (χ0n) is 15.2. The first-order chi connectivity index (χ1) is 13.7. The maximum Gasteiger partial charge on any atom is 0.404 e. The first-order valence-electron chi connectivity index (χ1n) is 8.80. The van der Waals surface area contributed by atoms with Gasteiger partial charge in [-0.15, -0.1) is 0 Å². The van der Waals surface area contributed by atoms with Gasteiger partial charge in [0.2, 0.25) is 0 Å². The summed E-state index contributed by atoms with van der Waals surface area (Å²) in [5.41, 5.74) is -0.184. The van der Waals surface area contributed by atoms with Crippen molar-refractivity contribution in [2.75, 3.05) is 21.7 Å². The number of anilines is 3. The Bertz CT molecular complexity index is 893. The van der Waals surface area contributed by atoms with Crippen molar-refractivity contribution in [1.29, 1.82) is 0 Å². The lowest BCUT2D eigenvalue weighted by atomic mass is 10.2. The van der Waals surface area contributed by atoms with Crippen LogP contribution in [0.5, 0.6) is 0 Å². The Morgan fingerprint density at radius 2 is 1.62 bits per heavy atom. The van der Waals surface area contributed by atoms with E-state index in [1.54, 1.807) is 18.2 Å². The highest BCUT2D eigenvalue weighted by Gasteiger charge is 2.43. The molecule has 0 aromatic heterocycles. The molecule has 0 radical (unpaired) electrons. The first-order valence-corrected chi connectivity index (χ1v) is 10.3. The van der Waals surface area contributed by atoms with Crippen molar-refractivity contribution in [1.82, 2.24) is 5.32 Å². The molecular weight excluding hydrogens is 411 g/mol. The summed E-state index contributed by atoms with van der Waals surface area (Å²) >= 11 is 0. The molecular formula is C18H20F3N3O4S. The molecule has 0 aliphatic carbocycles. The van der Waals surface area contributed by atoms with E-state index in [0.717, 1.165) is 4.31 Å². The number of unbranched alkanes of at least 4 members (excludes halogenated alkanes) is 2. The molecule has 7 nitrogen and oxygen atoms in total. The van der Waals surface area contributed by atoms with Crippen LogP contribution >= 0.6 is 11.0 Å². The van der Waals surface area contributed by atoms with Gasteiger partial charge in [0.05, 0.1) is 11.4 Å². The molecule has 0 fully saturated rings. The number of hydrogen-bond acceptors (Lipinski definition) is 5. The third-order valence-electron chi connectivity index (χ3n) is 4.41. The molecule has 158 valence electrons. The van der Waals surface area contributed by atoms with Gasteiger partial charge in [-0.05, 0) is 42.4 Å². The van der Waals surface area contributed by atoms with Gasteiger partial charge >= 0.3 is 6.09 Å². The van der Waals surface area contributed by atoms with Gasteiger partial charge in [0.25, 0.3) is 0 Å². The van der Waals surface area contributed by atoms with Gasteiger partial charge < -0.3 is 10.4 Å². The molecule has 0 bridgehead atoms. The normalized spacial score (nSPS) is 15.9. The standard InChI is InChI=1S/C18H20F3N3O4S/c19-12-10-13(20)17(14(21)11-12)24-16-7-3-2-6-15(16)23(29(24,27)28)9-5-1-4-8-22-18(25)26/h2-3,6-7,10-11,22,27-28H,1,4-5,8-9H2,(H,25,26). The van der Waals surface area contributed by atoms with Crippen LogP contribution in [-0.4, -0.2) is 33.4 Å². The van der Waals surface area contributed by atoms with Crippen molar-refractivity contribution in [3.8, 4) is 0 Å². The maximum atomic E-state index is 14.4. The summed E-state index contributed by atoms with van der Waals surface area (Å²) in [5, 5.41) is 10.8. The lowest BCUT2D eigenvalue weighted by Crippen LogP contribution is -2.32. The predicted octanol–water partition coefficient (Wildman–Crippen LogP) is 5.08. The van der Waals surface area contributed by atoms with E-state index < -0.39 is 40.2 Å². The van der Waals surface area contributed by atoms with Gasteiger partial charge in [-0.2, -0.15) is 0 Å². The Hall–Kier alpha value is -2.63. The van der Waals surface area contributed by atoms with Crippen LogP contribution in [-0.2, 0) is 0 Å². The van der Waals surface area contributed by atoms with E-state index in [1.165, 1.54) is 10.4 Å². The van der Waals surface area contributed by atoms with E-state index in [0.29, 0.717) is 37.1 Å². The number of benzene rings is 2. The summed E-state index contributed by atoms with van der Waals surface area (Å²) in [7, 11) is -3.85. The van der Waals surface area contributed by atoms with Crippen LogP contribution in [0.15, 0.2) is 36.4 Å². The molecule has 4 N–H and O–H groups in total. The second-order valence-electron chi connectivity index (χ2n) is 6.39. The van der Waals surface area contributed by atoms with Crippen molar-refractivity contribution in [2.24, 2.45) is 0 Å². The Labute approximate surface area is 167 Å². The van der Waals surface area contributed by atoms with Gasteiger partial charge in [-0.25, -0.2) is 22.3 Å². The van der Waals surface area contributed by atoms with Crippen molar-refractivity contribution < 1.29 is 32.2 Å². The molecule has 0 spiro atoms. The third kappa shape index (κ3) is 4.21. The Morgan fingerprint density at radius 1 is 1.00 bits per heavy atom. The van der Waals surface area contributed by atoms with Crippen LogP contribution in [0, 0.1) is 17.5 Å². The first kappa shape index (κ1) is 21.1. The second-order valence-corrected chi connectivity index (χ2v) is 8.17. The minimum Gasteiger partial charge on any atom is -0.465 e. The van der Waals surface area contributed by atoms with E-state index in [4.69, 9.17) is 5.11 Å². The van der Waals surface area contributed by atoms with E-state index in [2.05, 4.69) is 5.32 Å². The van der Waals surface area contributed by atoms with Crippen LogP contribution in [0.25, 0.3) is 0 Å². The van der Waals surface area contributed by atoms with E-state index in [9.17, 15) is 27.1 Å². The van der Waals surface area contributed by atoms with Gasteiger partial charge in [-0.1, -0.05) is 12.1 Å². The number of fused-ring (bicyclic) bond motifs is 1. The van der Waals surface area contributed by atoms with Crippen molar-refractivity contribution >= 4 is 34.1 Å². The smallest absolute Gasteiger partial charge is 0.404 e. The third-order valence-corrected chi connectivity index (χ3v) is 6.25. The van der Waals surface area contributed by atoms with Crippen LogP contribution in [0.3, 0.4) is 0 Å². The van der Waals surface area contributed by atoms with Gasteiger partial charge in [0, 0.05) is 25.2 Å². The number of para-hydroxylation sites is 2. The summed E-state index contributed by atoms with van der Waals surface area (Å²) in [4.78, 5) is 10.4. The number of carbonyl (C=O) groups is 1. The van der Waals surface area contributed by atoms with Crippen LogP contribution < -0.4 is 13.9 Å². The van der Waals surface area contributed by atoms with Crippen molar-refractivity contribution in [3.05, 3.63) is 53.8 Å². The molecule has 0 saturated carbocycles. The van der Waals surface area contributed by atoms with E-state index in [1.807, 2.05) is 0 Å². The molecule has 11 heteroatoms. The number of nitrogens with zero attached hydrogens (tertiary/aromatic N) is 2. The highest BCUT2D eigenvalue weighted by Crippen LogP contribution is 2.64. The SMILES string of the molecule is O=C(O)NCCCCCN1c2ccccc2N(c2c(F)cc(F)cc2F)S1(O)O. The lowest BCUT2D eigenvalue weighted by Gasteiger charge is -2.43. The molecule has 1 aliphatic heterocycles. The molecule has 0 unspecified atom stereocenters. The highest BCUT2D eigenvalue weighted by atomic mass is 32.3. The van der Waals surface area contributed by atoms with Crippen LogP contribution in [0.2, 0.25) is 0 Å². The van der Waals surface area contributed by atoms with Gasteiger partial charge in [0.15, 0.2) is 11.6 Å². The maximum absolute atomic E-state index is 14.4. The topological polar surface area (TPSA) is 96.3 Å². The molecule has 1 heterocycles. The molecule has 0 atom stereocenters. The molecule has 0 saturated heterocycles. The largest absolute Gasteiger partial charge is 0.465 e. The van der Waals surface area contributed by atoms with Crippen LogP contribution in [0.1, 0.15) is 19.3 Å². The number of rotatable bonds is 7. The summed E-state index contributed by atoms with van der Waals surface area (Å²) < 4.78 is 65.8. The number of carboxylic acid groups (broad SMARTS) is 1. The minimum atomic E-state index is -3.85. The zero-order valence-corrected chi connectivity index (χ0v) is 16.0. The fourth-order valence-electron chi connectivity index (χ4n) is 3.18. The quantitative estimate of drug-likeness (QED) is 0.457. The molecule has 2 aromatic carbocycles. The monoisotopic (exact) mass is 431 g/mol. The molecule has 29 heavy (non-hydrogen) atoms. The Balaban J connectivity index is 1.85. The van der Waals surface area contributed by atoms with Gasteiger partial charge in [-0.3, -0.25) is 13.4 Å². The number of nitrogens with one attached hydrogen (secondary N) is 1. The number of halogens is 3. The molecule has 1 aliphatic rings. The second kappa shape index (κ2) is 8.39. The molecule has 1 amide bonds.